The lowest BCUT2D eigenvalue weighted by Crippen LogP contribution is -2.49. The van der Waals surface area contributed by atoms with E-state index >= 15 is 0 Å². The summed E-state index contributed by atoms with van der Waals surface area (Å²) >= 11 is 1.64. The summed E-state index contributed by atoms with van der Waals surface area (Å²) in [5.41, 5.74) is 0. The van der Waals surface area contributed by atoms with Gasteiger partial charge < -0.3 is 10.2 Å². The summed E-state index contributed by atoms with van der Waals surface area (Å²) in [6.07, 6.45) is 2.43. The molecule has 1 aromatic carbocycles. The summed E-state index contributed by atoms with van der Waals surface area (Å²) in [4.78, 5) is 15.7. The van der Waals surface area contributed by atoms with E-state index in [1.165, 1.54) is 11.3 Å². The van der Waals surface area contributed by atoms with E-state index in [2.05, 4.69) is 22.3 Å². The van der Waals surface area contributed by atoms with Gasteiger partial charge in [-0.25, -0.2) is 0 Å². The Morgan fingerprint density at radius 1 is 1.32 bits per heavy atom. The van der Waals surface area contributed by atoms with Gasteiger partial charge in [0.05, 0.1) is 5.75 Å². The van der Waals surface area contributed by atoms with Gasteiger partial charge in [-0.2, -0.15) is 0 Å². The molecule has 2 unspecified atom stereocenters. The summed E-state index contributed by atoms with van der Waals surface area (Å²) < 4.78 is 0. The molecule has 4 heteroatoms. The van der Waals surface area contributed by atoms with Crippen LogP contribution in [0.25, 0.3) is 0 Å². The van der Waals surface area contributed by atoms with E-state index in [0.717, 1.165) is 26.1 Å². The van der Waals surface area contributed by atoms with Crippen molar-refractivity contribution in [1.29, 1.82) is 0 Å². The van der Waals surface area contributed by atoms with Crippen LogP contribution in [-0.2, 0) is 4.79 Å². The zero-order valence-corrected chi connectivity index (χ0v) is 11.9. The van der Waals surface area contributed by atoms with Gasteiger partial charge in [0.2, 0.25) is 5.91 Å². The summed E-state index contributed by atoms with van der Waals surface area (Å²) in [5, 5.41) is 3.42. The molecule has 2 aliphatic heterocycles. The number of amides is 1. The van der Waals surface area contributed by atoms with Crippen LogP contribution in [0.4, 0.5) is 0 Å². The predicted molar refractivity (Wildman–Crippen MR) is 78.3 cm³/mol. The van der Waals surface area contributed by atoms with Crippen molar-refractivity contribution in [3.05, 3.63) is 30.3 Å². The van der Waals surface area contributed by atoms with Crippen molar-refractivity contribution in [3.8, 4) is 0 Å². The molecule has 1 N–H and O–H groups in total. The molecule has 3 nitrogen and oxygen atoms in total. The SMILES string of the molecule is O=C(CSc1ccccc1)N1CCCC2CNCC21. The minimum absolute atomic E-state index is 0.298. The summed E-state index contributed by atoms with van der Waals surface area (Å²) in [6.45, 7) is 3.00. The third-order valence-corrected chi connectivity index (χ3v) is 5.10. The van der Waals surface area contributed by atoms with Gasteiger partial charge in [0, 0.05) is 30.6 Å². The van der Waals surface area contributed by atoms with Crippen molar-refractivity contribution in [2.24, 2.45) is 5.92 Å². The van der Waals surface area contributed by atoms with E-state index in [-0.39, 0.29) is 0 Å². The largest absolute Gasteiger partial charge is 0.337 e. The van der Waals surface area contributed by atoms with E-state index in [0.29, 0.717) is 23.6 Å². The molecule has 19 heavy (non-hydrogen) atoms. The van der Waals surface area contributed by atoms with Crippen molar-refractivity contribution in [2.45, 2.75) is 23.8 Å². The normalized spacial score (nSPS) is 26.2. The molecule has 2 fully saturated rings. The maximum atomic E-state index is 12.4. The Morgan fingerprint density at radius 3 is 3.00 bits per heavy atom. The molecule has 1 amide bonds. The molecule has 0 aliphatic carbocycles. The molecule has 1 aromatic rings. The number of rotatable bonds is 3. The van der Waals surface area contributed by atoms with Gasteiger partial charge in [-0.3, -0.25) is 4.79 Å². The molecular weight excluding hydrogens is 256 g/mol. The molecule has 2 heterocycles. The summed E-state index contributed by atoms with van der Waals surface area (Å²) in [5.74, 6) is 1.54. The lowest BCUT2D eigenvalue weighted by atomic mass is 9.92. The van der Waals surface area contributed by atoms with Crippen LogP contribution in [0.1, 0.15) is 12.8 Å². The number of hydrogen-bond donors (Lipinski definition) is 1. The number of carbonyl (C=O) groups is 1. The van der Waals surface area contributed by atoms with E-state index in [1.54, 1.807) is 11.8 Å². The fraction of sp³-hybridized carbons (Fsp3) is 0.533. The van der Waals surface area contributed by atoms with Gasteiger partial charge in [-0.1, -0.05) is 18.2 Å². The number of hydrogen-bond acceptors (Lipinski definition) is 3. The lowest BCUT2D eigenvalue weighted by molar-refractivity contribution is -0.132. The first-order valence-corrected chi connectivity index (χ1v) is 8.01. The number of nitrogens with one attached hydrogen (secondary N) is 1. The molecular formula is C15H20N2OS. The molecule has 0 bridgehead atoms. The minimum atomic E-state index is 0.298. The Labute approximate surface area is 118 Å². The van der Waals surface area contributed by atoms with Crippen LogP contribution < -0.4 is 5.32 Å². The molecule has 0 aromatic heterocycles. The van der Waals surface area contributed by atoms with Crippen molar-refractivity contribution in [1.82, 2.24) is 10.2 Å². The van der Waals surface area contributed by atoms with Crippen LogP contribution >= 0.6 is 11.8 Å². The second-order valence-electron chi connectivity index (χ2n) is 5.32. The van der Waals surface area contributed by atoms with Crippen molar-refractivity contribution in [2.75, 3.05) is 25.4 Å². The van der Waals surface area contributed by atoms with Crippen LogP contribution in [0, 0.1) is 5.92 Å². The third-order valence-electron chi connectivity index (χ3n) is 4.10. The van der Waals surface area contributed by atoms with E-state index in [4.69, 9.17) is 0 Å². The van der Waals surface area contributed by atoms with Crippen molar-refractivity contribution < 1.29 is 4.79 Å². The fourth-order valence-electron chi connectivity index (χ4n) is 3.12. The Morgan fingerprint density at radius 2 is 2.16 bits per heavy atom. The average Bonchev–Trinajstić information content (AvgIpc) is 2.94. The number of piperidine rings is 1. The highest BCUT2D eigenvalue weighted by molar-refractivity contribution is 8.00. The van der Waals surface area contributed by atoms with E-state index < -0.39 is 0 Å². The Balaban J connectivity index is 1.57. The first-order chi connectivity index (χ1) is 9.34. The minimum Gasteiger partial charge on any atom is -0.337 e. The first kappa shape index (κ1) is 13.0. The smallest absolute Gasteiger partial charge is 0.233 e. The zero-order valence-electron chi connectivity index (χ0n) is 11.0. The molecule has 3 rings (SSSR count). The maximum absolute atomic E-state index is 12.4. The quantitative estimate of drug-likeness (QED) is 0.857. The highest BCUT2D eigenvalue weighted by Crippen LogP contribution is 2.27. The number of benzene rings is 1. The van der Waals surface area contributed by atoms with Gasteiger partial charge >= 0.3 is 0 Å². The number of nitrogens with zero attached hydrogens (tertiary/aromatic N) is 1. The average molecular weight is 276 g/mol. The predicted octanol–water partition coefficient (Wildman–Crippen LogP) is 1.99. The molecule has 0 spiro atoms. The van der Waals surface area contributed by atoms with Crippen LogP contribution in [0.3, 0.4) is 0 Å². The highest BCUT2D eigenvalue weighted by Gasteiger charge is 2.36. The lowest BCUT2D eigenvalue weighted by Gasteiger charge is -2.37. The van der Waals surface area contributed by atoms with Crippen LogP contribution in [0.15, 0.2) is 35.2 Å². The number of likely N-dealkylation sites (tertiary alicyclic amines) is 1. The third kappa shape index (κ3) is 2.95. The topological polar surface area (TPSA) is 32.3 Å². The molecule has 0 saturated carbocycles. The van der Waals surface area contributed by atoms with E-state index in [1.807, 2.05) is 18.2 Å². The first-order valence-electron chi connectivity index (χ1n) is 7.02. The fourth-order valence-corrected chi connectivity index (χ4v) is 3.93. The highest BCUT2D eigenvalue weighted by atomic mass is 32.2. The Hall–Kier alpha value is -1.00. The summed E-state index contributed by atoms with van der Waals surface area (Å²) in [7, 11) is 0. The zero-order chi connectivity index (χ0) is 13.1. The summed E-state index contributed by atoms with van der Waals surface area (Å²) in [6, 6.07) is 10.6. The molecule has 102 valence electrons. The number of carbonyl (C=O) groups excluding carboxylic acids is 1. The number of thioether (sulfide) groups is 1. The van der Waals surface area contributed by atoms with Crippen LogP contribution in [0.5, 0.6) is 0 Å². The molecule has 2 aliphatic rings. The molecule has 2 saturated heterocycles. The molecule has 0 radical (unpaired) electrons. The number of fused-ring (bicyclic) bond motifs is 1. The van der Waals surface area contributed by atoms with E-state index in [9.17, 15) is 4.79 Å². The monoisotopic (exact) mass is 276 g/mol. The van der Waals surface area contributed by atoms with Gasteiger partial charge in [0.25, 0.3) is 0 Å². The Kier molecular flexibility index (Phi) is 4.09. The van der Waals surface area contributed by atoms with Crippen LogP contribution in [0.2, 0.25) is 0 Å². The second-order valence-corrected chi connectivity index (χ2v) is 6.37. The van der Waals surface area contributed by atoms with Crippen molar-refractivity contribution >= 4 is 17.7 Å². The molecule has 2 atom stereocenters. The van der Waals surface area contributed by atoms with Gasteiger partial charge in [-0.15, -0.1) is 11.8 Å². The van der Waals surface area contributed by atoms with Gasteiger partial charge in [0.1, 0.15) is 0 Å². The maximum Gasteiger partial charge on any atom is 0.233 e. The Bertz CT molecular complexity index is 437. The standard InChI is InChI=1S/C15H20N2OS/c18-15(11-19-13-6-2-1-3-7-13)17-8-4-5-12-9-16-10-14(12)17/h1-3,6-7,12,14,16H,4-5,8-11H2. The van der Waals surface area contributed by atoms with Crippen molar-refractivity contribution in [3.63, 3.8) is 0 Å². The second kappa shape index (κ2) is 5.97. The van der Waals surface area contributed by atoms with Crippen LogP contribution in [-0.4, -0.2) is 42.2 Å². The van der Waals surface area contributed by atoms with Gasteiger partial charge in [0.15, 0.2) is 0 Å². The van der Waals surface area contributed by atoms with Gasteiger partial charge in [-0.05, 0) is 30.9 Å².